The Labute approximate surface area is 406 Å². The van der Waals surface area contributed by atoms with Gasteiger partial charge in [-0.3, -0.25) is 0 Å². The van der Waals surface area contributed by atoms with Crippen molar-refractivity contribution in [3.8, 4) is 44.0 Å². The summed E-state index contributed by atoms with van der Waals surface area (Å²) in [5.41, 5.74) is 14.2. The monoisotopic (exact) mass is 852 g/mol. The van der Waals surface area contributed by atoms with Crippen LogP contribution in [0.3, 0.4) is 0 Å². The summed E-state index contributed by atoms with van der Waals surface area (Å²) >= 11 is 3.24. The van der Waals surface area contributed by atoms with Gasteiger partial charge in [0.1, 0.15) is 83.5 Å². The van der Waals surface area contributed by atoms with E-state index in [2.05, 4.69) is 123 Å². The van der Waals surface area contributed by atoms with Crippen LogP contribution in [0.15, 0.2) is 121 Å². The molecule has 0 unspecified atom stereocenters. The summed E-state index contributed by atoms with van der Waals surface area (Å²) in [6.45, 7) is 4.50. The van der Waals surface area contributed by atoms with Crippen molar-refractivity contribution < 1.29 is 0 Å². The number of hydrogen-bond donors (Lipinski definition) is 0. The van der Waals surface area contributed by atoms with Crippen LogP contribution in [0.2, 0.25) is 0 Å². The van der Waals surface area contributed by atoms with Gasteiger partial charge in [-0.05, 0) is 80.9 Å². The summed E-state index contributed by atoms with van der Waals surface area (Å²) in [6, 6.07) is 42.4. The second-order valence-electron chi connectivity index (χ2n) is 17.3. The van der Waals surface area contributed by atoms with E-state index in [1.165, 1.54) is 38.3 Å². The van der Waals surface area contributed by atoms with Crippen molar-refractivity contribution >= 4 is 203 Å². The highest BCUT2D eigenvalue weighted by molar-refractivity contribution is 7.26. The zero-order chi connectivity index (χ0) is 46.1. The van der Waals surface area contributed by atoms with Gasteiger partial charge in [0.25, 0.3) is 0 Å². The van der Waals surface area contributed by atoms with Gasteiger partial charge < -0.3 is 4.90 Å². The molecule has 286 valence electrons. The maximum Gasteiger partial charge on any atom is 0.123 e. The van der Waals surface area contributed by atoms with E-state index in [0.717, 1.165) is 59.3 Å². The molecule has 0 amide bonds. The van der Waals surface area contributed by atoms with E-state index in [1.807, 2.05) is 17.0 Å². The summed E-state index contributed by atoms with van der Waals surface area (Å²) in [7, 11) is 64.7. The quantitative estimate of drug-likeness (QED) is 0.239. The van der Waals surface area contributed by atoms with Gasteiger partial charge in [-0.25, -0.2) is 4.98 Å². The molecule has 0 atom stereocenters. The Morgan fingerprint density at radius 3 is 1.73 bits per heavy atom. The lowest BCUT2D eigenvalue weighted by Gasteiger charge is -2.33. The van der Waals surface area contributed by atoms with Gasteiger partial charge in [0, 0.05) is 48.2 Å². The van der Waals surface area contributed by atoms with Crippen molar-refractivity contribution in [3.05, 3.63) is 132 Å². The molecule has 2 nitrogen and oxygen atoms in total. The highest BCUT2D eigenvalue weighted by Crippen LogP contribution is 2.51. The first-order chi connectivity index (χ1) is 31.7. The van der Waals surface area contributed by atoms with Crippen LogP contribution in [0.25, 0.3) is 74.3 Å². The van der Waals surface area contributed by atoms with Crippen LogP contribution >= 0.6 is 22.7 Å². The van der Waals surface area contributed by atoms with E-state index in [-0.39, 0.29) is 60.0 Å². The minimum atomic E-state index is -0.259. The molecule has 0 N–H and O–H groups in total. The van der Waals surface area contributed by atoms with Gasteiger partial charge in [0.15, 0.2) is 0 Å². The lowest BCUT2D eigenvalue weighted by atomic mass is 9.60. The molecule has 0 saturated carbocycles. The Bertz CT molecular complexity index is 3650. The average molecular weight is 851 g/mol. The third-order valence-electron chi connectivity index (χ3n) is 13.3. The van der Waals surface area contributed by atoms with E-state index >= 15 is 0 Å². The normalized spacial score (nSPS) is 12.8. The third kappa shape index (κ3) is 6.31. The fourth-order valence-corrected chi connectivity index (χ4v) is 12.2. The Kier molecular flexibility index (Phi) is 10.2. The molecule has 10 aromatic rings. The number of thiophene rings is 1. The van der Waals surface area contributed by atoms with Crippen LogP contribution in [-0.4, -0.2) is 83.4 Å². The molecule has 11 rings (SSSR count). The molecule has 14 heteroatoms. The van der Waals surface area contributed by atoms with Crippen LogP contribution in [-0.2, 0) is 5.41 Å². The largest absolute Gasteiger partial charge is 0.312 e. The molecule has 0 fully saturated rings. The zero-order valence-corrected chi connectivity index (χ0v) is 37.7. The van der Waals surface area contributed by atoms with Crippen molar-refractivity contribution in [2.24, 2.45) is 0 Å². The topological polar surface area (TPSA) is 16.1 Å². The Morgan fingerprint density at radius 1 is 0.455 bits per heavy atom. The molecular formula is C52H26B10N2S2. The predicted molar refractivity (Wildman–Crippen MR) is 295 cm³/mol. The molecule has 1 aliphatic rings. The van der Waals surface area contributed by atoms with Crippen molar-refractivity contribution in [3.63, 3.8) is 0 Å². The second kappa shape index (κ2) is 15.7. The van der Waals surface area contributed by atoms with Gasteiger partial charge in [0.2, 0.25) is 0 Å². The van der Waals surface area contributed by atoms with E-state index in [0.29, 0.717) is 16.3 Å². The molecule has 0 bridgehead atoms. The lowest BCUT2D eigenvalue weighted by Crippen LogP contribution is -2.56. The van der Waals surface area contributed by atoms with E-state index < -0.39 is 0 Å². The zero-order valence-electron chi connectivity index (χ0n) is 36.0. The Balaban J connectivity index is 1.06. The first-order valence-corrected chi connectivity index (χ1v) is 22.8. The van der Waals surface area contributed by atoms with Gasteiger partial charge in [-0.15, -0.1) is 55.5 Å². The second-order valence-corrected chi connectivity index (χ2v) is 19.3. The molecule has 2 aromatic heterocycles. The number of thiazole rings is 1. The van der Waals surface area contributed by atoms with E-state index in [1.54, 1.807) is 11.3 Å². The van der Waals surface area contributed by atoms with Gasteiger partial charge >= 0.3 is 0 Å². The number of nitrogens with zero attached hydrogens (tertiary/aromatic N) is 2. The molecule has 8 aromatic carbocycles. The maximum absolute atomic E-state index is 6.83. The molecule has 20 radical (unpaired) electrons. The molecule has 1 aliphatic carbocycles. The predicted octanol–water partition coefficient (Wildman–Crippen LogP) is 3.38. The van der Waals surface area contributed by atoms with Crippen molar-refractivity contribution in [2.45, 2.75) is 19.3 Å². The lowest BCUT2D eigenvalue weighted by molar-refractivity contribution is 0.660. The first kappa shape index (κ1) is 42.9. The van der Waals surface area contributed by atoms with Crippen LogP contribution in [0.5, 0.6) is 0 Å². The fraction of sp³-hybridized carbons (Fsp3) is 0.0577. The first-order valence-electron chi connectivity index (χ1n) is 21.2. The van der Waals surface area contributed by atoms with Gasteiger partial charge in [-0.2, -0.15) is 0 Å². The number of aromatic nitrogens is 1. The third-order valence-corrected chi connectivity index (χ3v) is 15.6. The van der Waals surface area contributed by atoms with Crippen molar-refractivity contribution in [1.29, 1.82) is 0 Å². The number of hydrogen-bond acceptors (Lipinski definition) is 4. The summed E-state index contributed by atoms with van der Waals surface area (Å²) in [6.07, 6.45) is 0. The van der Waals surface area contributed by atoms with Crippen LogP contribution in [0.4, 0.5) is 17.1 Å². The SMILES string of the molecule is [B]c1c([B])c([B])c(-c2nc3cccc(-c4ccc(-c5ccc(N(c6ccc7c(c6)C(C)(C)c6ccccc6-7)c6c([B])c([B])c([B])c([B])c6[B])cc5)c5sc6ccccc6c45)c3s2)c([B])c1[B]. The fourth-order valence-electron chi connectivity index (χ4n) is 9.73. The van der Waals surface area contributed by atoms with Crippen LogP contribution < -0.4 is 59.5 Å². The molecule has 66 heavy (non-hydrogen) atoms. The minimum absolute atomic E-state index is 0.156. The number of anilines is 3. The van der Waals surface area contributed by atoms with Crippen LogP contribution in [0.1, 0.15) is 25.0 Å². The van der Waals surface area contributed by atoms with Crippen LogP contribution in [0, 0.1) is 0 Å². The molecule has 0 saturated heterocycles. The minimum Gasteiger partial charge on any atom is -0.312 e. The van der Waals surface area contributed by atoms with Crippen molar-refractivity contribution in [1.82, 2.24) is 4.98 Å². The van der Waals surface area contributed by atoms with E-state index in [9.17, 15) is 0 Å². The highest BCUT2D eigenvalue weighted by Gasteiger charge is 2.36. The van der Waals surface area contributed by atoms with Gasteiger partial charge in [0.05, 0.1) is 10.2 Å². The molecule has 0 aliphatic heterocycles. The summed E-state index contributed by atoms with van der Waals surface area (Å²) in [4.78, 5) is 7.02. The van der Waals surface area contributed by atoms with Crippen molar-refractivity contribution in [2.75, 3.05) is 4.90 Å². The standard InChI is InChI=1S/C52H26B10N2S2/c1-52(2)32-11-5-3-8-27(32)28-19-18-25(22-33(28)52)64(48-46(61)44(59)43(58)45(60)47(48)62)24-16-14-23(15-17-24)26-20-21-29(36-31-9-4-6-13-35(31)65-50(26)36)30-10-7-12-34-49(30)66-51(63-34)37-38(53)40(55)42(57)41(56)39(37)54/h3-22H,1-2H3. The summed E-state index contributed by atoms with van der Waals surface area (Å²) in [5, 5.41) is 2.89. The van der Waals surface area contributed by atoms with Gasteiger partial charge in [-0.1, -0.05) is 121 Å². The van der Waals surface area contributed by atoms with E-state index in [4.69, 9.17) is 83.4 Å². The number of benzene rings is 8. The molecular weight excluding hydrogens is 825 g/mol. The Morgan fingerprint density at radius 2 is 1.02 bits per heavy atom. The molecule has 0 spiro atoms. The number of fused-ring (bicyclic) bond motifs is 7. The summed E-state index contributed by atoms with van der Waals surface area (Å²) in [5.74, 6) is 0. The maximum atomic E-state index is 6.83. The smallest absolute Gasteiger partial charge is 0.123 e. The highest BCUT2D eigenvalue weighted by atomic mass is 32.1. The molecule has 2 heterocycles. The Hall–Kier alpha value is -5.68. The average Bonchev–Trinajstić information content (AvgIpc) is 4.01. The summed E-state index contributed by atoms with van der Waals surface area (Å²) < 4.78 is 3.27. The number of rotatable bonds is 6.